The molecule has 0 saturated carbocycles. The highest BCUT2D eigenvalue weighted by Gasteiger charge is 2.16. The third kappa shape index (κ3) is 2.95. The van der Waals surface area contributed by atoms with Gasteiger partial charge in [0.1, 0.15) is 0 Å². The van der Waals surface area contributed by atoms with Crippen LogP contribution in [0.1, 0.15) is 23.0 Å². The van der Waals surface area contributed by atoms with Gasteiger partial charge in [0.2, 0.25) is 0 Å². The van der Waals surface area contributed by atoms with E-state index in [1.807, 2.05) is 30.3 Å². The number of nitrogens with two attached hydrogens (primary N) is 1. The van der Waals surface area contributed by atoms with E-state index >= 15 is 0 Å². The third-order valence-electron chi connectivity index (χ3n) is 2.95. The Balaban J connectivity index is 2.20. The zero-order valence-corrected chi connectivity index (χ0v) is 10.8. The highest BCUT2D eigenvalue weighted by Crippen LogP contribution is 2.19. The smallest absolute Gasteiger partial charge is 0.301 e. The molecule has 1 aromatic carbocycles. The standard InChI is InChI=1S/C14H17N3O2/c1-2-17(12-6-4-3-5-7-12)10-11-8-9-19-13(11)14(18)16-15/h3-9H,2,10,15H2,1H3,(H,16,18). The molecule has 2 aromatic rings. The second kappa shape index (κ2) is 6.06. The third-order valence-corrected chi connectivity index (χ3v) is 2.95. The minimum absolute atomic E-state index is 0.261. The van der Waals surface area contributed by atoms with Crippen LogP contribution in [-0.4, -0.2) is 12.5 Å². The fourth-order valence-electron chi connectivity index (χ4n) is 1.96. The molecular formula is C14H17N3O2. The predicted molar refractivity (Wildman–Crippen MR) is 73.5 cm³/mol. The summed E-state index contributed by atoms with van der Waals surface area (Å²) >= 11 is 0. The normalized spacial score (nSPS) is 10.2. The highest BCUT2D eigenvalue weighted by atomic mass is 16.3. The average Bonchev–Trinajstić information content (AvgIpc) is 2.93. The molecule has 0 fully saturated rings. The number of benzene rings is 1. The van der Waals surface area contributed by atoms with Crippen LogP contribution < -0.4 is 16.2 Å². The first kappa shape index (κ1) is 13.2. The monoisotopic (exact) mass is 259 g/mol. The van der Waals surface area contributed by atoms with Crippen molar-refractivity contribution in [1.82, 2.24) is 5.43 Å². The molecule has 1 aromatic heterocycles. The molecule has 1 heterocycles. The summed E-state index contributed by atoms with van der Waals surface area (Å²) in [5.41, 5.74) is 4.00. The Bertz CT molecular complexity index is 537. The van der Waals surface area contributed by atoms with Gasteiger partial charge in [0.05, 0.1) is 6.26 Å². The first-order chi connectivity index (χ1) is 9.26. The zero-order valence-electron chi connectivity index (χ0n) is 10.8. The molecule has 3 N–H and O–H groups in total. The van der Waals surface area contributed by atoms with Gasteiger partial charge in [0, 0.05) is 24.3 Å². The number of anilines is 1. The van der Waals surface area contributed by atoms with Crippen LogP contribution in [-0.2, 0) is 6.54 Å². The molecular weight excluding hydrogens is 242 g/mol. The number of hydrogen-bond acceptors (Lipinski definition) is 4. The zero-order chi connectivity index (χ0) is 13.7. The summed E-state index contributed by atoms with van der Waals surface area (Å²) in [6.07, 6.45) is 1.50. The van der Waals surface area contributed by atoms with Crippen molar-refractivity contribution in [2.24, 2.45) is 5.84 Å². The van der Waals surface area contributed by atoms with Crippen molar-refractivity contribution in [3.8, 4) is 0 Å². The van der Waals surface area contributed by atoms with Gasteiger partial charge in [-0.1, -0.05) is 18.2 Å². The lowest BCUT2D eigenvalue weighted by molar-refractivity contribution is 0.0924. The fourth-order valence-corrected chi connectivity index (χ4v) is 1.96. The molecule has 0 aliphatic heterocycles. The quantitative estimate of drug-likeness (QED) is 0.489. The molecule has 0 saturated heterocycles. The summed E-state index contributed by atoms with van der Waals surface area (Å²) in [6, 6.07) is 11.8. The number of carbonyl (C=O) groups excluding carboxylic acids is 1. The average molecular weight is 259 g/mol. The lowest BCUT2D eigenvalue weighted by atomic mass is 10.2. The number of nitrogens with zero attached hydrogens (tertiary/aromatic N) is 1. The Labute approximate surface area is 112 Å². The molecule has 0 spiro atoms. The molecule has 19 heavy (non-hydrogen) atoms. The van der Waals surface area contributed by atoms with E-state index < -0.39 is 5.91 Å². The van der Waals surface area contributed by atoms with Gasteiger partial charge in [-0.05, 0) is 25.1 Å². The van der Waals surface area contributed by atoms with Gasteiger partial charge in [-0.25, -0.2) is 5.84 Å². The van der Waals surface area contributed by atoms with Crippen LogP contribution in [0.3, 0.4) is 0 Å². The van der Waals surface area contributed by atoms with E-state index in [-0.39, 0.29) is 5.76 Å². The van der Waals surface area contributed by atoms with Gasteiger partial charge in [0.25, 0.3) is 0 Å². The number of rotatable bonds is 5. The minimum Gasteiger partial charge on any atom is -0.459 e. The lowest BCUT2D eigenvalue weighted by Crippen LogP contribution is -2.31. The number of nitrogen functional groups attached to an aromatic ring is 1. The van der Waals surface area contributed by atoms with Crippen molar-refractivity contribution in [1.29, 1.82) is 0 Å². The van der Waals surface area contributed by atoms with E-state index in [1.54, 1.807) is 6.07 Å². The van der Waals surface area contributed by atoms with Crippen molar-refractivity contribution < 1.29 is 9.21 Å². The van der Waals surface area contributed by atoms with Crippen molar-refractivity contribution in [2.45, 2.75) is 13.5 Å². The van der Waals surface area contributed by atoms with Crippen LogP contribution in [0.4, 0.5) is 5.69 Å². The van der Waals surface area contributed by atoms with E-state index in [2.05, 4.69) is 17.2 Å². The summed E-state index contributed by atoms with van der Waals surface area (Å²) in [6.45, 7) is 3.49. The molecule has 0 atom stereocenters. The summed E-state index contributed by atoms with van der Waals surface area (Å²) in [4.78, 5) is 13.7. The maximum absolute atomic E-state index is 11.6. The molecule has 0 aliphatic rings. The minimum atomic E-state index is -0.413. The molecule has 0 bridgehead atoms. The summed E-state index contributed by atoms with van der Waals surface area (Å²) in [5, 5.41) is 0. The predicted octanol–water partition coefficient (Wildman–Crippen LogP) is 1.91. The maximum Gasteiger partial charge on any atom is 0.301 e. The molecule has 0 radical (unpaired) electrons. The van der Waals surface area contributed by atoms with Crippen LogP contribution in [0.2, 0.25) is 0 Å². The molecule has 5 heteroatoms. The lowest BCUT2D eigenvalue weighted by Gasteiger charge is -2.22. The van der Waals surface area contributed by atoms with Crippen LogP contribution >= 0.6 is 0 Å². The summed E-state index contributed by atoms with van der Waals surface area (Å²) in [5.74, 6) is 4.98. The van der Waals surface area contributed by atoms with Crippen LogP contribution in [0.25, 0.3) is 0 Å². The Kier molecular flexibility index (Phi) is 4.20. The van der Waals surface area contributed by atoms with E-state index in [9.17, 15) is 4.79 Å². The number of nitrogens with one attached hydrogen (secondary N) is 1. The van der Waals surface area contributed by atoms with Crippen molar-refractivity contribution in [3.63, 3.8) is 0 Å². The van der Waals surface area contributed by atoms with Gasteiger partial charge < -0.3 is 9.32 Å². The molecule has 1 amide bonds. The van der Waals surface area contributed by atoms with Gasteiger partial charge in [-0.15, -0.1) is 0 Å². The van der Waals surface area contributed by atoms with Crippen LogP contribution in [0.5, 0.6) is 0 Å². The fraction of sp³-hybridized carbons (Fsp3) is 0.214. The number of para-hydroxylation sites is 1. The first-order valence-corrected chi connectivity index (χ1v) is 6.13. The van der Waals surface area contributed by atoms with E-state index in [0.29, 0.717) is 6.54 Å². The van der Waals surface area contributed by atoms with Crippen LogP contribution in [0.15, 0.2) is 47.1 Å². The largest absolute Gasteiger partial charge is 0.459 e. The second-order valence-electron chi connectivity index (χ2n) is 4.10. The number of amides is 1. The first-order valence-electron chi connectivity index (χ1n) is 6.13. The Morgan fingerprint density at radius 2 is 2.05 bits per heavy atom. The highest BCUT2D eigenvalue weighted by molar-refractivity contribution is 5.92. The SMILES string of the molecule is CCN(Cc1ccoc1C(=O)NN)c1ccccc1. The van der Waals surface area contributed by atoms with Gasteiger partial charge in [-0.3, -0.25) is 10.2 Å². The van der Waals surface area contributed by atoms with Crippen molar-refractivity contribution in [2.75, 3.05) is 11.4 Å². The number of furan rings is 1. The molecule has 5 nitrogen and oxygen atoms in total. The molecule has 0 aliphatic carbocycles. The van der Waals surface area contributed by atoms with Gasteiger partial charge in [-0.2, -0.15) is 0 Å². The van der Waals surface area contributed by atoms with Crippen molar-refractivity contribution in [3.05, 3.63) is 54.0 Å². The Morgan fingerprint density at radius 3 is 2.68 bits per heavy atom. The topological polar surface area (TPSA) is 71.5 Å². The second-order valence-corrected chi connectivity index (χ2v) is 4.10. The van der Waals surface area contributed by atoms with E-state index in [0.717, 1.165) is 17.8 Å². The Hall–Kier alpha value is -2.27. The van der Waals surface area contributed by atoms with Crippen molar-refractivity contribution >= 4 is 11.6 Å². The number of hydrazine groups is 1. The summed E-state index contributed by atoms with van der Waals surface area (Å²) in [7, 11) is 0. The maximum atomic E-state index is 11.6. The van der Waals surface area contributed by atoms with Gasteiger partial charge >= 0.3 is 5.91 Å². The van der Waals surface area contributed by atoms with Gasteiger partial charge in [0.15, 0.2) is 5.76 Å². The molecule has 100 valence electrons. The Morgan fingerprint density at radius 1 is 1.32 bits per heavy atom. The molecule has 0 unspecified atom stereocenters. The molecule has 2 rings (SSSR count). The summed E-state index contributed by atoms with van der Waals surface area (Å²) < 4.78 is 5.18. The number of hydrogen-bond donors (Lipinski definition) is 2. The van der Waals surface area contributed by atoms with E-state index in [4.69, 9.17) is 10.3 Å². The van der Waals surface area contributed by atoms with Crippen LogP contribution in [0, 0.1) is 0 Å². The van der Waals surface area contributed by atoms with E-state index in [1.165, 1.54) is 6.26 Å². The number of carbonyl (C=O) groups is 1.